The van der Waals surface area contributed by atoms with Gasteiger partial charge < -0.3 is 0 Å². The molecule has 0 amide bonds. The van der Waals surface area contributed by atoms with Crippen molar-refractivity contribution in [3.8, 4) is 0 Å². The molecule has 0 bridgehead atoms. The van der Waals surface area contributed by atoms with E-state index in [1.54, 1.807) is 0 Å². The van der Waals surface area contributed by atoms with Crippen LogP contribution in [-0.4, -0.2) is 0 Å². The zero-order valence-electron chi connectivity index (χ0n) is 1.73. The average Bonchev–Trinajstić information content (AvgIpc) is 1.50. The van der Waals surface area contributed by atoms with Crippen LogP contribution in [0.15, 0.2) is 0 Å². The molecular weight excluding hydrogens is 241 g/mol. The highest BCUT2D eigenvalue weighted by atomic mass is 127. The first-order valence-electron chi connectivity index (χ1n) is 0.373. The monoisotopic (exact) mass is 255 g/mol. The highest BCUT2D eigenvalue weighted by Gasteiger charge is 0.944. The molecule has 0 heterocycles. The molecule has 0 aromatic rings. The summed E-state index contributed by atoms with van der Waals surface area (Å²) in [4.78, 5) is 0. The molecule has 0 aromatic heterocycles. The fourth-order valence-corrected chi connectivity index (χ4v) is 0. The Labute approximate surface area is 70.2 Å². The predicted octanol–water partition coefficient (Wildman–Crippen LogP) is 3.47. The molecule has 0 saturated carbocycles. The molecule has 0 unspecified atom stereocenters. The van der Waals surface area contributed by atoms with Gasteiger partial charge >= 0.3 is 0 Å². The van der Waals surface area contributed by atoms with Gasteiger partial charge in [-0.1, -0.05) is 22.3 Å². The van der Waals surface area contributed by atoms with Crippen LogP contribution in [0.4, 0.5) is 0 Å². The summed E-state index contributed by atoms with van der Waals surface area (Å²) in [5.41, 5.74) is 0. The van der Waals surface area contributed by atoms with Crippen LogP contribution in [0.5, 0.6) is 0 Å². The van der Waals surface area contributed by atoms with Crippen molar-refractivity contribution in [3.63, 3.8) is 0 Å². The topological polar surface area (TPSA) is 23.9 Å². The number of nitrogens with one attached hydrogen (secondary N) is 1. The van der Waals surface area contributed by atoms with Gasteiger partial charge in [0.15, 0.2) is 0 Å². The zero-order valence-corrected chi connectivity index (χ0v) is 5.60. The van der Waals surface area contributed by atoms with E-state index >= 15 is 0 Å². The first-order chi connectivity index (χ1) is 2.00. The molecule has 0 aliphatic rings. The summed E-state index contributed by atoms with van der Waals surface area (Å²) in [6.45, 7) is 0. The summed E-state index contributed by atoms with van der Waals surface area (Å²) in [7, 11) is 3.50. The Morgan fingerprint density at radius 3 is 1.00 bits per heavy atom. The Balaban J connectivity index is -0.00000000267. The van der Waals surface area contributed by atoms with Crippen molar-refractivity contribution < 1.29 is 0 Å². The fraction of sp³-hybridized carbons (Fsp3) is 1.00. The maximum Gasteiger partial charge on any atom is 0.0324 e. The average molecular weight is 255 g/mol. The smallest absolute Gasteiger partial charge is 0.0324 e. The second kappa shape index (κ2) is 218. The van der Waals surface area contributed by atoms with Gasteiger partial charge in [-0.3, -0.25) is 0 Å². The van der Waals surface area contributed by atoms with Crippen molar-refractivity contribution in [1.82, 2.24) is 0 Å². The molecule has 0 spiro atoms. The molecule has 4 heteroatoms. The molecule has 1 nitrogen and oxygen atoms in total. The van der Waals surface area contributed by atoms with Crippen molar-refractivity contribution in [3.05, 3.63) is 0 Å². The van der Waals surface area contributed by atoms with Crippen molar-refractivity contribution in [2.45, 2.75) is 22.3 Å². The van der Waals surface area contributed by atoms with Crippen LogP contribution in [-0.2, 0) is 12.4 Å². The van der Waals surface area contributed by atoms with Crippen molar-refractivity contribution >= 4 is 43.4 Å². The van der Waals surface area contributed by atoms with E-state index < -0.39 is 0 Å². The van der Waals surface area contributed by atoms with E-state index in [1.807, 2.05) is 21.2 Å². The summed E-state index contributed by atoms with van der Waals surface area (Å²) in [6.07, 6.45) is 0. The normalized spacial score (nSPS) is 1.43. The van der Waals surface area contributed by atoms with Gasteiger partial charge in [-0.2, -0.15) is 0 Å². The number of rotatable bonds is 0. The first kappa shape index (κ1) is 42.5. The summed E-state index contributed by atoms with van der Waals surface area (Å²) in [6, 6.07) is 0. The molecule has 0 fully saturated rings. The molecule has 0 atom stereocenters. The molecule has 0 rings (SSSR count). The van der Waals surface area contributed by atoms with Crippen molar-refractivity contribution in [2.75, 3.05) is 0 Å². The lowest BCUT2D eigenvalue weighted by Gasteiger charge is -1.06. The summed E-state index contributed by atoms with van der Waals surface area (Å²) in [5.74, 6) is 0. The van der Waals surface area contributed by atoms with E-state index in [-0.39, 0.29) is 22.3 Å². The Morgan fingerprint density at radius 1 is 1.00 bits per heavy atom. The molecule has 7 heavy (non-hydrogen) atoms. The van der Waals surface area contributed by atoms with E-state index in [0.29, 0.717) is 0 Å². The molecule has 0 saturated heterocycles. The third-order valence-corrected chi connectivity index (χ3v) is 0. The molecule has 0 radical (unpaired) electrons. The van der Waals surface area contributed by atoms with Crippen LogP contribution in [0, 0.1) is 4.78 Å². The third-order valence-electron chi connectivity index (χ3n) is 0. The summed E-state index contributed by atoms with van der Waals surface area (Å²) < 4.78 is 5.33. The van der Waals surface area contributed by atoms with Crippen LogP contribution < -0.4 is 0 Å². The molecular formula is C3H14INS2. The minimum atomic E-state index is 0. The first-order valence-corrected chi connectivity index (χ1v) is 4.01. The Hall–Kier alpha value is 1.10. The lowest BCUT2D eigenvalue weighted by atomic mass is 12.0. The quantitative estimate of drug-likeness (QED) is 0.502. The maximum absolute atomic E-state index is 5.33. The minimum absolute atomic E-state index is 0. The Morgan fingerprint density at radius 2 is 1.00 bits per heavy atom. The molecule has 1 N–H and O–H groups in total. The van der Waals surface area contributed by atoms with Crippen LogP contribution in [0.3, 0.4) is 0 Å². The number of hydrogen-bond acceptors (Lipinski definition) is 3. The minimum Gasteiger partial charge on any atom is -0.235 e. The zero-order chi connectivity index (χ0) is 4.00. The second-order valence-electron chi connectivity index (χ2n) is 0. The lowest BCUT2D eigenvalue weighted by molar-refractivity contribution is 1.67. The largest absolute Gasteiger partial charge is 0.235 e. The van der Waals surface area contributed by atoms with E-state index in [2.05, 4.69) is 22.2 Å². The number of halogens is 1. The standard InChI is InChI=1S/3CH4.HIS.HNS/c;;;2*1-2/h3*1H4;2H;1H. The number of thiol groups is 1. The van der Waals surface area contributed by atoms with E-state index in [9.17, 15) is 0 Å². The molecule has 50 valence electrons. The van der Waals surface area contributed by atoms with Crippen LogP contribution in [0.2, 0.25) is 0 Å². The van der Waals surface area contributed by atoms with Crippen molar-refractivity contribution in [1.29, 1.82) is 4.78 Å². The van der Waals surface area contributed by atoms with Crippen molar-refractivity contribution in [2.24, 2.45) is 0 Å². The van der Waals surface area contributed by atoms with E-state index in [1.165, 1.54) is 0 Å². The predicted molar refractivity (Wildman–Crippen MR) is 53.3 cm³/mol. The van der Waals surface area contributed by atoms with Gasteiger partial charge in [0.25, 0.3) is 0 Å². The van der Waals surface area contributed by atoms with Gasteiger partial charge in [0.1, 0.15) is 0 Å². The van der Waals surface area contributed by atoms with Crippen LogP contribution >= 0.6 is 31.0 Å². The van der Waals surface area contributed by atoms with Crippen LogP contribution in [0.25, 0.3) is 0 Å². The summed E-state index contributed by atoms with van der Waals surface area (Å²) >= 11 is 5.18. The van der Waals surface area contributed by atoms with Gasteiger partial charge in [0.05, 0.1) is 0 Å². The summed E-state index contributed by atoms with van der Waals surface area (Å²) in [5, 5.41) is 0. The van der Waals surface area contributed by atoms with Gasteiger partial charge in [-0.05, 0) is 21.2 Å². The van der Waals surface area contributed by atoms with Gasteiger partial charge in [-0.15, -0.1) is 9.80 Å². The lowest BCUT2D eigenvalue weighted by Crippen LogP contribution is -0.668. The maximum atomic E-state index is 5.33. The SMILES string of the molecule is C.C.C.N=S.SI. The van der Waals surface area contributed by atoms with E-state index in [0.717, 1.165) is 0 Å². The molecule has 0 aliphatic heterocycles. The highest BCUT2D eigenvalue weighted by Crippen LogP contribution is 1.77. The molecule has 0 aliphatic carbocycles. The van der Waals surface area contributed by atoms with Gasteiger partial charge in [-0.25, -0.2) is 4.78 Å². The highest BCUT2D eigenvalue weighted by molar-refractivity contribution is 14.2. The van der Waals surface area contributed by atoms with Gasteiger partial charge in [0, 0.05) is 12.4 Å². The van der Waals surface area contributed by atoms with Gasteiger partial charge in [0.2, 0.25) is 0 Å². The Kier molecular flexibility index (Phi) is 1330. The fourth-order valence-electron chi connectivity index (χ4n) is 0. The third kappa shape index (κ3) is 153. The molecule has 0 aromatic carbocycles. The second-order valence-corrected chi connectivity index (χ2v) is 0. The van der Waals surface area contributed by atoms with E-state index in [4.69, 9.17) is 4.78 Å². The van der Waals surface area contributed by atoms with Crippen LogP contribution in [0.1, 0.15) is 22.3 Å². The number of hydrogen-bond donors (Lipinski definition) is 2. The Bertz CT molecular complexity index is 12.9.